The first-order chi connectivity index (χ1) is 9.80. The molecule has 0 aliphatic rings. The lowest BCUT2D eigenvalue weighted by atomic mass is 9.97. The lowest BCUT2D eigenvalue weighted by Crippen LogP contribution is -2.18. The Morgan fingerprint density at radius 2 is 1.76 bits per heavy atom. The third-order valence-electron chi connectivity index (χ3n) is 3.49. The van der Waals surface area contributed by atoms with Crippen LogP contribution in [-0.2, 0) is 0 Å². The number of hydrogen-bond acceptors (Lipinski definition) is 2. The van der Waals surface area contributed by atoms with Crippen LogP contribution in [0.3, 0.4) is 0 Å². The number of aliphatic hydroxyl groups is 2. The third kappa shape index (κ3) is 11.2. The quantitative estimate of drug-likeness (QED) is 0.725. The summed E-state index contributed by atoms with van der Waals surface area (Å²) in [7, 11) is 0. The van der Waals surface area contributed by atoms with Gasteiger partial charge >= 0.3 is 0 Å². The molecule has 2 atom stereocenters. The van der Waals surface area contributed by atoms with Crippen molar-refractivity contribution in [2.24, 2.45) is 5.92 Å². The lowest BCUT2D eigenvalue weighted by molar-refractivity contribution is 0.0675. The fraction of sp³-hybridized carbons (Fsp3) is 0.579. The minimum absolute atomic E-state index is 0.226. The van der Waals surface area contributed by atoms with E-state index in [1.807, 2.05) is 57.2 Å². The van der Waals surface area contributed by atoms with E-state index in [1.54, 1.807) is 0 Å². The smallest absolute Gasteiger partial charge is 0.0591 e. The summed E-state index contributed by atoms with van der Waals surface area (Å²) in [4.78, 5) is 0. The Morgan fingerprint density at radius 1 is 1.19 bits per heavy atom. The normalized spacial score (nSPS) is 13.8. The van der Waals surface area contributed by atoms with E-state index in [0.717, 1.165) is 19.3 Å². The highest BCUT2D eigenvalue weighted by Gasteiger charge is 2.11. The van der Waals surface area contributed by atoms with Gasteiger partial charge in [0.1, 0.15) is 0 Å². The van der Waals surface area contributed by atoms with E-state index < -0.39 is 5.60 Å². The first-order valence-electron chi connectivity index (χ1n) is 7.81. The van der Waals surface area contributed by atoms with Crippen LogP contribution < -0.4 is 0 Å². The maximum absolute atomic E-state index is 9.38. The highest BCUT2D eigenvalue weighted by Crippen LogP contribution is 2.15. The van der Waals surface area contributed by atoms with Crippen LogP contribution in [-0.4, -0.2) is 22.4 Å². The van der Waals surface area contributed by atoms with E-state index >= 15 is 0 Å². The zero-order valence-corrected chi connectivity index (χ0v) is 14.0. The maximum atomic E-state index is 9.38. The van der Waals surface area contributed by atoms with Crippen LogP contribution in [0, 0.1) is 5.92 Å². The second kappa shape index (κ2) is 10.6. The molecule has 0 fully saturated rings. The van der Waals surface area contributed by atoms with Gasteiger partial charge in [-0.05, 0) is 38.2 Å². The topological polar surface area (TPSA) is 40.5 Å². The van der Waals surface area contributed by atoms with Crippen LogP contribution in [0.4, 0.5) is 0 Å². The monoisotopic (exact) mass is 292 g/mol. The van der Waals surface area contributed by atoms with E-state index in [0.29, 0.717) is 5.92 Å². The molecule has 0 saturated heterocycles. The van der Waals surface area contributed by atoms with Gasteiger partial charge in [-0.2, -0.15) is 0 Å². The maximum Gasteiger partial charge on any atom is 0.0591 e. The van der Waals surface area contributed by atoms with Crippen molar-refractivity contribution >= 4 is 0 Å². The Bertz CT molecular complexity index is 365. The van der Waals surface area contributed by atoms with Crippen LogP contribution in [0.5, 0.6) is 0 Å². The van der Waals surface area contributed by atoms with Gasteiger partial charge in [0.05, 0.1) is 5.60 Å². The summed E-state index contributed by atoms with van der Waals surface area (Å²) in [6.07, 6.45) is 5.06. The minimum atomic E-state index is -0.499. The van der Waals surface area contributed by atoms with Gasteiger partial charge in [0.25, 0.3) is 0 Å². The molecule has 2 nitrogen and oxygen atoms in total. The van der Waals surface area contributed by atoms with Crippen molar-refractivity contribution in [3.8, 4) is 0 Å². The summed E-state index contributed by atoms with van der Waals surface area (Å²) in [5, 5.41) is 18.2. The Hall–Kier alpha value is -1.12. The average molecular weight is 292 g/mol. The molecule has 2 unspecified atom stereocenters. The first-order valence-corrected chi connectivity index (χ1v) is 7.81. The molecule has 0 spiro atoms. The highest BCUT2D eigenvalue weighted by molar-refractivity contribution is 5.18. The molecule has 0 aliphatic heterocycles. The van der Waals surface area contributed by atoms with E-state index in [4.69, 9.17) is 5.11 Å². The SMILES string of the molecule is C=CC(C)CCCC(C)(C)O.CC(CO)c1ccccc1. The molecule has 0 saturated carbocycles. The van der Waals surface area contributed by atoms with Crippen molar-refractivity contribution in [3.05, 3.63) is 48.6 Å². The Morgan fingerprint density at radius 3 is 2.19 bits per heavy atom. The number of rotatable bonds is 7. The molecule has 0 heterocycles. The van der Waals surface area contributed by atoms with E-state index in [9.17, 15) is 5.11 Å². The van der Waals surface area contributed by atoms with Crippen molar-refractivity contribution in [3.63, 3.8) is 0 Å². The molecule has 21 heavy (non-hydrogen) atoms. The zero-order valence-electron chi connectivity index (χ0n) is 14.0. The zero-order chi connectivity index (χ0) is 16.3. The number of aliphatic hydroxyl groups excluding tert-OH is 1. The molecule has 0 aromatic heterocycles. The molecule has 0 aliphatic carbocycles. The van der Waals surface area contributed by atoms with Gasteiger partial charge in [-0.25, -0.2) is 0 Å². The van der Waals surface area contributed by atoms with Gasteiger partial charge in [-0.1, -0.05) is 56.7 Å². The highest BCUT2D eigenvalue weighted by atomic mass is 16.3. The van der Waals surface area contributed by atoms with Crippen LogP contribution in [0.15, 0.2) is 43.0 Å². The molecular weight excluding hydrogens is 260 g/mol. The van der Waals surface area contributed by atoms with Gasteiger partial charge in [-0.3, -0.25) is 0 Å². The summed E-state index contributed by atoms with van der Waals surface area (Å²) in [5.41, 5.74) is 0.700. The largest absolute Gasteiger partial charge is 0.396 e. The first kappa shape index (κ1) is 19.9. The van der Waals surface area contributed by atoms with Gasteiger partial charge in [0.2, 0.25) is 0 Å². The Kier molecular flexibility index (Phi) is 10.0. The molecule has 0 radical (unpaired) electrons. The second-order valence-electron chi connectivity index (χ2n) is 6.41. The van der Waals surface area contributed by atoms with Crippen LogP contribution in [0.2, 0.25) is 0 Å². The predicted octanol–water partition coefficient (Wildman–Crippen LogP) is 4.53. The molecule has 2 heteroatoms. The molecule has 0 amide bonds. The predicted molar refractivity (Wildman–Crippen MR) is 91.5 cm³/mol. The van der Waals surface area contributed by atoms with Crippen molar-refractivity contribution in [2.75, 3.05) is 6.61 Å². The average Bonchev–Trinajstić information content (AvgIpc) is 2.46. The summed E-state index contributed by atoms with van der Waals surface area (Å²) >= 11 is 0. The molecule has 1 rings (SSSR count). The standard InChI is InChI=1S/C10H20O.C9H12O/c1-5-9(2)7-6-8-10(3,4)11;1-8(7-10)9-5-3-2-4-6-9/h5,9,11H,1,6-8H2,2-4H3;2-6,8,10H,7H2,1H3. The summed E-state index contributed by atoms with van der Waals surface area (Å²) < 4.78 is 0. The van der Waals surface area contributed by atoms with Crippen molar-refractivity contribution < 1.29 is 10.2 Å². The van der Waals surface area contributed by atoms with Gasteiger partial charge < -0.3 is 10.2 Å². The summed E-state index contributed by atoms with van der Waals surface area (Å²) in [6, 6.07) is 10.0. The van der Waals surface area contributed by atoms with E-state index in [1.165, 1.54) is 5.56 Å². The Labute approximate surface area is 130 Å². The van der Waals surface area contributed by atoms with Gasteiger partial charge in [0.15, 0.2) is 0 Å². The van der Waals surface area contributed by atoms with Crippen LogP contribution in [0.1, 0.15) is 58.4 Å². The Balaban J connectivity index is 0.000000382. The number of benzene rings is 1. The molecule has 2 N–H and O–H groups in total. The minimum Gasteiger partial charge on any atom is -0.396 e. The number of hydrogen-bond donors (Lipinski definition) is 2. The fourth-order valence-electron chi connectivity index (χ4n) is 1.86. The van der Waals surface area contributed by atoms with Crippen LogP contribution in [0.25, 0.3) is 0 Å². The van der Waals surface area contributed by atoms with Crippen molar-refractivity contribution in [1.29, 1.82) is 0 Å². The van der Waals surface area contributed by atoms with Crippen molar-refractivity contribution in [2.45, 2.75) is 58.5 Å². The summed E-state index contributed by atoms with van der Waals surface area (Å²) in [5.74, 6) is 0.846. The summed E-state index contributed by atoms with van der Waals surface area (Å²) in [6.45, 7) is 11.8. The van der Waals surface area contributed by atoms with Gasteiger partial charge in [0, 0.05) is 12.5 Å². The molecule has 0 bridgehead atoms. The lowest BCUT2D eigenvalue weighted by Gasteiger charge is -2.17. The van der Waals surface area contributed by atoms with E-state index in [-0.39, 0.29) is 12.5 Å². The molecule has 1 aromatic carbocycles. The molecule has 120 valence electrons. The fourth-order valence-corrected chi connectivity index (χ4v) is 1.86. The molecular formula is C19H32O2. The van der Waals surface area contributed by atoms with Crippen LogP contribution >= 0.6 is 0 Å². The van der Waals surface area contributed by atoms with Gasteiger partial charge in [-0.15, -0.1) is 6.58 Å². The third-order valence-corrected chi connectivity index (χ3v) is 3.49. The van der Waals surface area contributed by atoms with E-state index in [2.05, 4.69) is 13.5 Å². The van der Waals surface area contributed by atoms with Crippen molar-refractivity contribution in [1.82, 2.24) is 0 Å². The molecule has 1 aromatic rings. The second-order valence-corrected chi connectivity index (χ2v) is 6.41. The number of allylic oxidation sites excluding steroid dienone is 1.